The van der Waals surface area contributed by atoms with E-state index in [1.54, 1.807) is 14.0 Å². The highest BCUT2D eigenvalue weighted by Gasteiger charge is 2.26. The Balaban J connectivity index is 2.07. The number of rotatable bonds is 8. The van der Waals surface area contributed by atoms with Gasteiger partial charge in [0.15, 0.2) is 0 Å². The van der Waals surface area contributed by atoms with Crippen molar-refractivity contribution in [1.29, 1.82) is 0 Å². The van der Waals surface area contributed by atoms with E-state index in [1.165, 1.54) is 4.31 Å². The average molecular weight is 376 g/mol. The molecular weight excluding hydrogens is 352 g/mol. The summed E-state index contributed by atoms with van der Waals surface area (Å²) in [6.07, 6.45) is 1.11. The lowest BCUT2D eigenvalue weighted by molar-refractivity contribution is -0.121. The van der Waals surface area contributed by atoms with Gasteiger partial charge in [0.1, 0.15) is 5.75 Å². The van der Waals surface area contributed by atoms with E-state index in [-0.39, 0.29) is 19.0 Å². The minimum atomic E-state index is -3.56. The smallest absolute Gasteiger partial charge is 0.235 e. The number of hydrogen-bond donors (Lipinski definition) is 1. The third-order valence-electron chi connectivity index (χ3n) is 4.11. The number of hydrogen-bond acceptors (Lipinski definition) is 4. The van der Waals surface area contributed by atoms with Gasteiger partial charge < -0.3 is 10.1 Å². The summed E-state index contributed by atoms with van der Waals surface area (Å²) in [7, 11) is -1.99. The number of carbonyl (C=O) groups excluding carboxylic acids is 1. The second-order valence-electron chi connectivity index (χ2n) is 5.98. The number of carbonyl (C=O) groups is 1. The molecule has 1 amide bonds. The van der Waals surface area contributed by atoms with Crippen LogP contribution in [0.3, 0.4) is 0 Å². The van der Waals surface area contributed by atoms with Gasteiger partial charge in [0.05, 0.1) is 19.9 Å². The Morgan fingerprint density at radius 2 is 1.73 bits per heavy atom. The monoisotopic (exact) mass is 376 g/mol. The largest absolute Gasteiger partial charge is 0.496 e. The average Bonchev–Trinajstić information content (AvgIpc) is 2.64. The zero-order valence-corrected chi connectivity index (χ0v) is 16.0. The number of methoxy groups -OCH3 is 1. The summed E-state index contributed by atoms with van der Waals surface area (Å²) in [5.74, 6) is 0.300. The van der Waals surface area contributed by atoms with E-state index in [0.717, 1.165) is 17.4 Å². The van der Waals surface area contributed by atoms with Crippen molar-refractivity contribution in [2.45, 2.75) is 19.5 Å². The molecule has 0 aliphatic rings. The summed E-state index contributed by atoms with van der Waals surface area (Å²) >= 11 is 0. The van der Waals surface area contributed by atoms with Gasteiger partial charge in [0, 0.05) is 18.2 Å². The third kappa shape index (κ3) is 5.31. The van der Waals surface area contributed by atoms with Crippen molar-refractivity contribution in [2.24, 2.45) is 0 Å². The van der Waals surface area contributed by atoms with Crippen LogP contribution in [-0.4, -0.2) is 38.5 Å². The SMILES string of the molecule is COc1ccccc1CNC(=O)CN(C(C)c1ccccc1)S(C)(=O)=O. The first-order valence-electron chi connectivity index (χ1n) is 8.23. The van der Waals surface area contributed by atoms with Crippen molar-refractivity contribution in [3.05, 3.63) is 65.7 Å². The van der Waals surface area contributed by atoms with Crippen LogP contribution in [0, 0.1) is 0 Å². The quantitative estimate of drug-likeness (QED) is 0.767. The number of benzene rings is 2. The highest BCUT2D eigenvalue weighted by Crippen LogP contribution is 2.22. The van der Waals surface area contributed by atoms with Crippen molar-refractivity contribution < 1.29 is 17.9 Å². The number of sulfonamides is 1. The van der Waals surface area contributed by atoms with Crippen LogP contribution in [0.25, 0.3) is 0 Å². The van der Waals surface area contributed by atoms with Crippen LogP contribution in [0.1, 0.15) is 24.1 Å². The molecule has 7 heteroatoms. The first-order chi connectivity index (χ1) is 12.3. The van der Waals surface area contributed by atoms with Gasteiger partial charge in [-0.3, -0.25) is 4.79 Å². The molecule has 0 heterocycles. The fraction of sp³-hybridized carbons (Fsp3) is 0.316. The van der Waals surface area contributed by atoms with Crippen LogP contribution < -0.4 is 10.1 Å². The second kappa shape index (κ2) is 8.82. The lowest BCUT2D eigenvalue weighted by Gasteiger charge is -2.26. The Morgan fingerprint density at radius 3 is 2.35 bits per heavy atom. The molecule has 0 saturated heterocycles. The molecule has 0 saturated carbocycles. The molecule has 0 aliphatic heterocycles. The molecule has 1 unspecified atom stereocenters. The first kappa shape index (κ1) is 19.9. The zero-order valence-electron chi connectivity index (χ0n) is 15.2. The van der Waals surface area contributed by atoms with Crippen molar-refractivity contribution in [1.82, 2.24) is 9.62 Å². The van der Waals surface area contributed by atoms with Gasteiger partial charge >= 0.3 is 0 Å². The molecule has 0 bridgehead atoms. The van der Waals surface area contributed by atoms with E-state index in [1.807, 2.05) is 54.6 Å². The predicted octanol–water partition coefficient (Wildman–Crippen LogP) is 2.33. The van der Waals surface area contributed by atoms with Crippen molar-refractivity contribution in [2.75, 3.05) is 19.9 Å². The zero-order chi connectivity index (χ0) is 19.2. The maximum absolute atomic E-state index is 12.4. The molecule has 2 rings (SSSR count). The molecule has 0 aromatic heterocycles. The molecular formula is C19H24N2O4S. The van der Waals surface area contributed by atoms with Crippen LogP contribution in [0.4, 0.5) is 0 Å². The molecule has 0 fully saturated rings. The molecule has 6 nitrogen and oxygen atoms in total. The lowest BCUT2D eigenvalue weighted by Crippen LogP contribution is -2.41. The summed E-state index contributed by atoms with van der Waals surface area (Å²) in [6.45, 7) is 1.79. The summed E-state index contributed by atoms with van der Waals surface area (Å²) in [5.41, 5.74) is 1.65. The Bertz CT molecular complexity index is 838. The second-order valence-corrected chi connectivity index (χ2v) is 7.92. The molecule has 140 valence electrons. The molecule has 26 heavy (non-hydrogen) atoms. The van der Waals surface area contributed by atoms with E-state index in [2.05, 4.69) is 5.32 Å². The van der Waals surface area contributed by atoms with Gasteiger partial charge in [-0.1, -0.05) is 48.5 Å². The van der Waals surface area contributed by atoms with Crippen LogP contribution in [0.2, 0.25) is 0 Å². The van der Waals surface area contributed by atoms with Crippen LogP contribution in [0.15, 0.2) is 54.6 Å². The Labute approximate surface area is 154 Å². The first-order valence-corrected chi connectivity index (χ1v) is 10.1. The number of nitrogens with one attached hydrogen (secondary N) is 1. The van der Waals surface area contributed by atoms with E-state index >= 15 is 0 Å². The topological polar surface area (TPSA) is 75.7 Å². The standard InChI is InChI=1S/C19H24N2O4S/c1-15(16-9-5-4-6-10-16)21(26(3,23)24)14-19(22)20-13-17-11-7-8-12-18(17)25-2/h4-12,15H,13-14H2,1-3H3,(H,20,22). The predicted molar refractivity (Wildman–Crippen MR) is 101 cm³/mol. The summed E-state index contributed by atoms with van der Waals surface area (Å²) < 4.78 is 30.8. The normalized spacial score (nSPS) is 12.6. The highest BCUT2D eigenvalue weighted by molar-refractivity contribution is 7.88. The van der Waals surface area contributed by atoms with Gasteiger partial charge in [-0.15, -0.1) is 0 Å². The number of nitrogens with zero attached hydrogens (tertiary/aromatic N) is 1. The number of para-hydroxylation sites is 1. The van der Waals surface area contributed by atoms with E-state index < -0.39 is 16.1 Å². The van der Waals surface area contributed by atoms with Gasteiger partial charge in [0.2, 0.25) is 15.9 Å². The van der Waals surface area contributed by atoms with Crippen LogP contribution >= 0.6 is 0 Å². The number of amides is 1. The fourth-order valence-electron chi connectivity index (χ4n) is 2.68. The van der Waals surface area contributed by atoms with Gasteiger partial charge in [0.25, 0.3) is 0 Å². The van der Waals surface area contributed by atoms with Gasteiger partial charge in [-0.25, -0.2) is 8.42 Å². The third-order valence-corrected chi connectivity index (χ3v) is 5.41. The Hall–Kier alpha value is -2.38. The lowest BCUT2D eigenvalue weighted by atomic mass is 10.1. The molecule has 1 N–H and O–H groups in total. The summed E-state index contributed by atoms with van der Waals surface area (Å²) in [6, 6.07) is 16.1. The van der Waals surface area contributed by atoms with Gasteiger partial charge in [-0.05, 0) is 18.6 Å². The molecule has 0 spiro atoms. The van der Waals surface area contributed by atoms with Crippen LogP contribution in [-0.2, 0) is 21.4 Å². The molecule has 1 atom stereocenters. The Morgan fingerprint density at radius 1 is 1.12 bits per heavy atom. The minimum Gasteiger partial charge on any atom is -0.496 e. The summed E-state index contributed by atoms with van der Waals surface area (Å²) in [5, 5.41) is 2.76. The molecule has 0 radical (unpaired) electrons. The maximum Gasteiger partial charge on any atom is 0.235 e. The van der Waals surface area contributed by atoms with Crippen molar-refractivity contribution >= 4 is 15.9 Å². The number of ether oxygens (including phenoxy) is 1. The molecule has 0 aliphatic carbocycles. The maximum atomic E-state index is 12.4. The van der Waals surface area contributed by atoms with Crippen molar-refractivity contribution in [3.8, 4) is 5.75 Å². The van der Waals surface area contributed by atoms with Crippen molar-refractivity contribution in [3.63, 3.8) is 0 Å². The Kier molecular flexibility index (Phi) is 6.76. The van der Waals surface area contributed by atoms with E-state index in [4.69, 9.17) is 4.74 Å². The summed E-state index contributed by atoms with van der Waals surface area (Å²) in [4.78, 5) is 12.4. The molecule has 2 aromatic carbocycles. The fourth-order valence-corrected chi connectivity index (χ4v) is 3.73. The van der Waals surface area contributed by atoms with E-state index in [9.17, 15) is 13.2 Å². The van der Waals surface area contributed by atoms with Crippen LogP contribution in [0.5, 0.6) is 5.75 Å². The minimum absolute atomic E-state index is 0.246. The highest BCUT2D eigenvalue weighted by atomic mass is 32.2. The van der Waals surface area contributed by atoms with E-state index in [0.29, 0.717) is 5.75 Å². The molecule has 2 aromatic rings. The van der Waals surface area contributed by atoms with Gasteiger partial charge in [-0.2, -0.15) is 4.31 Å².